The van der Waals surface area contributed by atoms with Gasteiger partial charge in [0.2, 0.25) is 0 Å². The zero-order valence-electron chi connectivity index (χ0n) is 9.12. The largest absolute Gasteiger partial charge is 0.507 e. The molecule has 0 saturated carbocycles. The number of rotatable bonds is 4. The van der Waals surface area contributed by atoms with Crippen LogP contribution in [0.25, 0.3) is 0 Å². The Kier molecular flexibility index (Phi) is 3.68. The van der Waals surface area contributed by atoms with Gasteiger partial charge in [0.15, 0.2) is 0 Å². The molecule has 1 aromatic carbocycles. The molecule has 4 N–H and O–H groups in total. The molecule has 4 nitrogen and oxygen atoms in total. The fourth-order valence-corrected chi connectivity index (χ4v) is 1.35. The minimum absolute atomic E-state index is 0.0822. The third kappa shape index (κ3) is 2.95. The molecule has 0 heterocycles. The lowest BCUT2D eigenvalue weighted by atomic mass is 10.0. The molecule has 1 rings (SSSR count). The number of benzene rings is 1. The van der Waals surface area contributed by atoms with Crippen LogP contribution in [0.3, 0.4) is 0 Å². The molecule has 0 radical (unpaired) electrons. The Bertz CT molecular complexity index is 341. The summed E-state index contributed by atoms with van der Waals surface area (Å²) in [6.07, 6.45) is 0.578. The summed E-state index contributed by atoms with van der Waals surface area (Å²) in [6.45, 7) is 0.770. The van der Waals surface area contributed by atoms with Crippen LogP contribution >= 0.6 is 0 Å². The van der Waals surface area contributed by atoms with Gasteiger partial charge in [-0.15, -0.1) is 0 Å². The maximum Gasteiger partial charge on any atom is 0.126 e. The van der Waals surface area contributed by atoms with Gasteiger partial charge in [-0.05, 0) is 26.2 Å². The number of nitrogens with one attached hydrogen (secondary N) is 1. The summed E-state index contributed by atoms with van der Waals surface area (Å²) in [5.74, 6) is 0.0822. The molecule has 0 amide bonds. The van der Waals surface area contributed by atoms with Gasteiger partial charge in [0.1, 0.15) is 5.75 Å². The van der Waals surface area contributed by atoms with E-state index in [4.69, 9.17) is 11.1 Å². The summed E-state index contributed by atoms with van der Waals surface area (Å²) in [6, 6.07) is 4.92. The Balaban J connectivity index is 2.82. The van der Waals surface area contributed by atoms with E-state index in [2.05, 4.69) is 0 Å². The van der Waals surface area contributed by atoms with E-state index in [0.717, 1.165) is 6.54 Å². The van der Waals surface area contributed by atoms with E-state index >= 15 is 0 Å². The normalized spacial score (nSPS) is 10.6. The SMILES string of the molecule is CN(C)CCC(=N)c1c(N)cccc1O. The average molecular weight is 207 g/mol. The highest BCUT2D eigenvalue weighted by Gasteiger charge is 2.10. The van der Waals surface area contributed by atoms with Crippen molar-refractivity contribution in [3.63, 3.8) is 0 Å². The van der Waals surface area contributed by atoms with Gasteiger partial charge in [-0.2, -0.15) is 0 Å². The predicted octanol–water partition coefficient (Wildman–Crippen LogP) is 1.29. The monoisotopic (exact) mass is 207 g/mol. The second-order valence-corrected chi connectivity index (χ2v) is 3.77. The van der Waals surface area contributed by atoms with Crippen molar-refractivity contribution in [3.8, 4) is 5.75 Å². The van der Waals surface area contributed by atoms with Gasteiger partial charge in [-0.25, -0.2) is 0 Å². The summed E-state index contributed by atoms with van der Waals surface area (Å²) >= 11 is 0. The lowest BCUT2D eigenvalue weighted by Crippen LogP contribution is -2.17. The summed E-state index contributed by atoms with van der Waals surface area (Å²) in [7, 11) is 3.89. The number of aromatic hydroxyl groups is 1. The van der Waals surface area contributed by atoms with Crippen molar-refractivity contribution in [1.29, 1.82) is 5.41 Å². The van der Waals surface area contributed by atoms with Crippen molar-refractivity contribution in [2.24, 2.45) is 0 Å². The second-order valence-electron chi connectivity index (χ2n) is 3.77. The summed E-state index contributed by atoms with van der Waals surface area (Å²) in [5.41, 5.74) is 7.00. The minimum Gasteiger partial charge on any atom is -0.507 e. The van der Waals surface area contributed by atoms with E-state index in [1.165, 1.54) is 0 Å². The Morgan fingerprint density at radius 2 is 2.13 bits per heavy atom. The van der Waals surface area contributed by atoms with Gasteiger partial charge in [-0.3, -0.25) is 0 Å². The molecule has 0 aliphatic heterocycles. The Morgan fingerprint density at radius 1 is 1.47 bits per heavy atom. The lowest BCUT2D eigenvalue weighted by molar-refractivity contribution is 0.421. The third-order valence-corrected chi connectivity index (χ3v) is 2.19. The quantitative estimate of drug-likeness (QED) is 0.514. The first-order chi connectivity index (χ1) is 7.02. The molecule has 0 bridgehead atoms. The van der Waals surface area contributed by atoms with E-state index in [1.54, 1.807) is 18.2 Å². The Hall–Kier alpha value is -1.55. The van der Waals surface area contributed by atoms with Gasteiger partial charge in [0, 0.05) is 24.4 Å². The molecule has 0 spiro atoms. The van der Waals surface area contributed by atoms with Crippen LogP contribution in [0.1, 0.15) is 12.0 Å². The van der Waals surface area contributed by atoms with Crippen LogP contribution in [-0.2, 0) is 0 Å². The lowest BCUT2D eigenvalue weighted by Gasteiger charge is -2.12. The summed E-state index contributed by atoms with van der Waals surface area (Å²) in [5, 5.41) is 17.4. The van der Waals surface area contributed by atoms with Crippen molar-refractivity contribution in [3.05, 3.63) is 23.8 Å². The van der Waals surface area contributed by atoms with Crippen molar-refractivity contribution < 1.29 is 5.11 Å². The fourth-order valence-electron chi connectivity index (χ4n) is 1.35. The molecular formula is C11H17N3O. The standard InChI is InChI=1S/C11H17N3O/c1-14(2)7-6-9(13)11-8(12)4-3-5-10(11)15/h3-5,13,15H,6-7,12H2,1-2H3. The molecule has 0 atom stereocenters. The van der Waals surface area contributed by atoms with Crippen molar-refractivity contribution in [2.75, 3.05) is 26.4 Å². The molecule has 4 heteroatoms. The van der Waals surface area contributed by atoms with Crippen molar-refractivity contribution in [2.45, 2.75) is 6.42 Å². The minimum atomic E-state index is 0.0822. The average Bonchev–Trinajstić information content (AvgIpc) is 2.14. The fraction of sp³-hybridized carbons (Fsp3) is 0.364. The van der Waals surface area contributed by atoms with Crippen LogP contribution in [0.2, 0.25) is 0 Å². The topological polar surface area (TPSA) is 73.3 Å². The predicted molar refractivity (Wildman–Crippen MR) is 62.5 cm³/mol. The van der Waals surface area contributed by atoms with Crippen LogP contribution in [0.4, 0.5) is 5.69 Å². The maximum absolute atomic E-state index is 9.59. The van der Waals surface area contributed by atoms with Gasteiger partial charge < -0.3 is 21.1 Å². The van der Waals surface area contributed by atoms with Crippen molar-refractivity contribution in [1.82, 2.24) is 4.90 Å². The zero-order valence-corrected chi connectivity index (χ0v) is 9.12. The molecule has 82 valence electrons. The zero-order chi connectivity index (χ0) is 11.4. The number of nitrogens with two attached hydrogens (primary N) is 1. The Morgan fingerprint density at radius 3 is 2.67 bits per heavy atom. The number of hydrogen-bond donors (Lipinski definition) is 3. The first-order valence-corrected chi connectivity index (χ1v) is 4.82. The smallest absolute Gasteiger partial charge is 0.126 e. The van der Waals surface area contributed by atoms with E-state index in [0.29, 0.717) is 23.4 Å². The molecule has 0 aliphatic carbocycles. The highest BCUT2D eigenvalue weighted by atomic mass is 16.3. The van der Waals surface area contributed by atoms with Gasteiger partial charge in [0.25, 0.3) is 0 Å². The van der Waals surface area contributed by atoms with Crippen LogP contribution in [0.15, 0.2) is 18.2 Å². The number of nitrogens with zero attached hydrogens (tertiary/aromatic N) is 1. The van der Waals surface area contributed by atoms with Crippen LogP contribution in [0.5, 0.6) is 5.75 Å². The molecule has 0 fully saturated rings. The summed E-state index contributed by atoms with van der Waals surface area (Å²) < 4.78 is 0. The molecule has 0 aromatic heterocycles. The number of hydrogen-bond acceptors (Lipinski definition) is 4. The van der Waals surface area contributed by atoms with Gasteiger partial charge >= 0.3 is 0 Å². The maximum atomic E-state index is 9.59. The van der Waals surface area contributed by atoms with E-state index < -0.39 is 0 Å². The first kappa shape index (κ1) is 11.5. The van der Waals surface area contributed by atoms with Crippen molar-refractivity contribution >= 4 is 11.4 Å². The number of anilines is 1. The van der Waals surface area contributed by atoms with E-state index in [-0.39, 0.29) is 5.75 Å². The van der Waals surface area contributed by atoms with Crippen LogP contribution in [-0.4, -0.2) is 36.4 Å². The number of nitrogen functional groups attached to an aromatic ring is 1. The van der Waals surface area contributed by atoms with Gasteiger partial charge in [0.05, 0.1) is 5.56 Å². The molecule has 0 unspecified atom stereocenters. The number of phenolic OH excluding ortho intramolecular Hbond substituents is 1. The second kappa shape index (κ2) is 4.79. The Labute approximate surface area is 89.8 Å². The highest BCUT2D eigenvalue weighted by molar-refractivity contribution is 6.05. The highest BCUT2D eigenvalue weighted by Crippen LogP contribution is 2.24. The molecule has 1 aromatic rings. The van der Waals surface area contributed by atoms with E-state index in [9.17, 15) is 5.11 Å². The molecular weight excluding hydrogens is 190 g/mol. The van der Waals surface area contributed by atoms with Gasteiger partial charge in [-0.1, -0.05) is 6.07 Å². The van der Waals surface area contributed by atoms with Crippen LogP contribution in [0, 0.1) is 5.41 Å². The number of phenols is 1. The molecule has 0 saturated heterocycles. The molecule has 0 aliphatic rings. The molecule has 15 heavy (non-hydrogen) atoms. The van der Waals surface area contributed by atoms with E-state index in [1.807, 2.05) is 19.0 Å². The van der Waals surface area contributed by atoms with Crippen LogP contribution < -0.4 is 5.73 Å². The summed E-state index contributed by atoms with van der Waals surface area (Å²) in [4.78, 5) is 1.99. The first-order valence-electron chi connectivity index (χ1n) is 4.82. The third-order valence-electron chi connectivity index (χ3n) is 2.19.